The van der Waals surface area contributed by atoms with Crippen LogP contribution in [0.25, 0.3) is 0 Å². The summed E-state index contributed by atoms with van der Waals surface area (Å²) in [5.74, 6) is -0.214. The fourth-order valence-electron chi connectivity index (χ4n) is 0.990. The fourth-order valence-corrected chi connectivity index (χ4v) is 0.990. The molecule has 0 aliphatic carbocycles. The zero-order valence-corrected chi connectivity index (χ0v) is 7.50. The van der Waals surface area contributed by atoms with Crippen molar-refractivity contribution in [1.29, 1.82) is 0 Å². The molecular weight excluding hydrogens is 163 g/mol. The smallest absolute Gasteiger partial charge is 0.215 e. The third-order valence-corrected chi connectivity index (χ3v) is 1.84. The van der Waals surface area contributed by atoms with Crippen molar-refractivity contribution in [3.05, 3.63) is 23.8 Å². The second-order valence-electron chi connectivity index (χ2n) is 2.77. The number of amides is 1. The number of nitrogen functional groups attached to an aromatic ring is 1. The maximum Gasteiger partial charge on any atom is 0.215 e. The Hall–Kier alpha value is -1.45. The summed E-state index contributed by atoms with van der Waals surface area (Å²) in [7, 11) is 5.16. The molecule has 3 N–H and O–H groups in total. The van der Waals surface area contributed by atoms with Crippen LogP contribution >= 0.6 is 0 Å². The molecule has 13 heavy (non-hydrogen) atoms. The summed E-state index contributed by atoms with van der Waals surface area (Å²) >= 11 is 0. The molecule has 2 radical (unpaired) electrons. The highest BCUT2D eigenvalue weighted by Crippen LogP contribution is 2.20. The largest absolute Gasteiger partial charge is 0.398 e. The van der Waals surface area contributed by atoms with E-state index in [4.69, 9.17) is 13.6 Å². The summed E-state index contributed by atoms with van der Waals surface area (Å²) in [6.07, 6.45) is -0.0196. The van der Waals surface area contributed by atoms with Gasteiger partial charge in [0, 0.05) is 11.4 Å². The number of benzene rings is 1. The van der Waals surface area contributed by atoms with Gasteiger partial charge in [-0.05, 0) is 30.9 Å². The summed E-state index contributed by atoms with van der Waals surface area (Å²) in [4.78, 5) is 11.0. The maximum absolute atomic E-state index is 11.0. The Morgan fingerprint density at radius 1 is 1.62 bits per heavy atom. The molecule has 1 rings (SSSR count). The molecule has 0 aromatic heterocycles. The van der Waals surface area contributed by atoms with Gasteiger partial charge < -0.3 is 11.1 Å². The average Bonchev–Trinajstić information content (AvgIpc) is 2.13. The Bertz CT molecular complexity index is 325. The van der Waals surface area contributed by atoms with Crippen molar-refractivity contribution < 1.29 is 4.79 Å². The van der Waals surface area contributed by atoms with Crippen LogP contribution in [0.3, 0.4) is 0 Å². The lowest BCUT2D eigenvalue weighted by molar-refractivity contribution is -0.114. The van der Waals surface area contributed by atoms with Gasteiger partial charge in [-0.1, -0.05) is 6.07 Å². The predicted octanol–water partition coefficient (Wildman–Crippen LogP) is 1.10. The highest BCUT2D eigenvalue weighted by molar-refractivity contribution is 6.22. The highest BCUT2D eigenvalue weighted by atomic mass is 16.1. The third kappa shape index (κ3) is 2.24. The zero-order valence-electron chi connectivity index (χ0n) is 7.50. The Labute approximate surface area is 78.7 Å². The van der Waals surface area contributed by atoms with Crippen LogP contribution in [0.2, 0.25) is 6.32 Å². The van der Waals surface area contributed by atoms with Gasteiger partial charge in [-0.2, -0.15) is 0 Å². The first kappa shape index (κ1) is 9.64. The Kier molecular flexibility index (Phi) is 2.95. The van der Waals surface area contributed by atoms with Gasteiger partial charge in [-0.15, -0.1) is 0 Å². The third-order valence-electron chi connectivity index (χ3n) is 1.84. The molecule has 0 bridgehead atoms. The number of carbonyl (C=O) groups is 1. The maximum atomic E-state index is 11.0. The summed E-state index contributed by atoms with van der Waals surface area (Å²) in [6.45, 7) is 1.85. The Balaban J connectivity index is 2.89. The number of carbonyl (C=O) groups excluding carboxylic acids is 1. The first-order valence-corrected chi connectivity index (χ1v) is 4.00. The number of rotatable bonds is 2. The molecule has 0 aliphatic heterocycles. The minimum Gasteiger partial charge on any atom is -0.398 e. The van der Waals surface area contributed by atoms with E-state index in [1.54, 1.807) is 18.2 Å². The molecule has 0 saturated heterocycles. The van der Waals surface area contributed by atoms with Crippen molar-refractivity contribution in [2.75, 3.05) is 11.1 Å². The lowest BCUT2D eigenvalue weighted by Crippen LogP contribution is -2.11. The number of hydrogen-bond donors (Lipinski definition) is 2. The standard InChI is InChI=1S/C9H11BN2O/c1-6-7(11)3-2-4-8(6)12-9(13)5-10/h2-4H,5,11H2,1H3,(H,12,13). The molecule has 4 heteroatoms. The Morgan fingerprint density at radius 3 is 2.92 bits per heavy atom. The van der Waals surface area contributed by atoms with Crippen LogP contribution in [-0.2, 0) is 4.79 Å². The topological polar surface area (TPSA) is 55.1 Å². The second kappa shape index (κ2) is 3.98. The summed E-state index contributed by atoms with van der Waals surface area (Å²) < 4.78 is 0. The molecule has 66 valence electrons. The van der Waals surface area contributed by atoms with E-state index in [9.17, 15) is 4.79 Å². The van der Waals surface area contributed by atoms with E-state index in [-0.39, 0.29) is 12.2 Å². The van der Waals surface area contributed by atoms with Gasteiger partial charge >= 0.3 is 0 Å². The van der Waals surface area contributed by atoms with E-state index in [2.05, 4.69) is 5.32 Å². The molecule has 0 unspecified atom stereocenters. The SMILES string of the molecule is [B]CC(=O)Nc1cccc(N)c1C. The van der Waals surface area contributed by atoms with Crippen molar-refractivity contribution in [3.8, 4) is 0 Å². The number of anilines is 2. The average molecular weight is 174 g/mol. The van der Waals surface area contributed by atoms with Crippen LogP contribution in [0.5, 0.6) is 0 Å². The van der Waals surface area contributed by atoms with Gasteiger partial charge in [0.05, 0.1) is 7.85 Å². The first-order valence-electron chi connectivity index (χ1n) is 4.00. The van der Waals surface area contributed by atoms with Gasteiger partial charge in [-0.25, -0.2) is 0 Å². The zero-order chi connectivity index (χ0) is 9.84. The molecular formula is C9H11BN2O. The lowest BCUT2D eigenvalue weighted by atomic mass is 10.0. The molecule has 0 fully saturated rings. The highest BCUT2D eigenvalue weighted by Gasteiger charge is 2.03. The van der Waals surface area contributed by atoms with Crippen LogP contribution in [0, 0.1) is 6.92 Å². The molecule has 0 saturated carbocycles. The van der Waals surface area contributed by atoms with E-state index in [0.29, 0.717) is 5.69 Å². The number of nitrogens with one attached hydrogen (secondary N) is 1. The van der Waals surface area contributed by atoms with Crippen molar-refractivity contribution in [2.24, 2.45) is 0 Å². The minimum atomic E-state index is -0.214. The second-order valence-corrected chi connectivity index (χ2v) is 2.77. The van der Waals surface area contributed by atoms with Gasteiger partial charge in [0.15, 0.2) is 0 Å². The fraction of sp³-hybridized carbons (Fsp3) is 0.222. The number of hydrogen-bond acceptors (Lipinski definition) is 2. The van der Waals surface area contributed by atoms with Crippen LogP contribution < -0.4 is 11.1 Å². The molecule has 0 heterocycles. The van der Waals surface area contributed by atoms with Gasteiger partial charge in [-0.3, -0.25) is 4.79 Å². The molecule has 0 atom stereocenters. The van der Waals surface area contributed by atoms with Crippen LogP contribution in [0.4, 0.5) is 11.4 Å². The predicted molar refractivity (Wildman–Crippen MR) is 54.8 cm³/mol. The summed E-state index contributed by atoms with van der Waals surface area (Å²) in [5, 5.41) is 2.66. The van der Waals surface area contributed by atoms with E-state index < -0.39 is 0 Å². The quantitative estimate of drug-likeness (QED) is 0.521. The van der Waals surface area contributed by atoms with Gasteiger partial charge in [0.2, 0.25) is 5.91 Å². The molecule has 0 spiro atoms. The molecule has 1 aromatic rings. The Morgan fingerprint density at radius 2 is 2.31 bits per heavy atom. The monoisotopic (exact) mass is 174 g/mol. The van der Waals surface area contributed by atoms with E-state index in [0.717, 1.165) is 11.3 Å². The van der Waals surface area contributed by atoms with Crippen molar-refractivity contribution >= 4 is 25.1 Å². The first-order chi connectivity index (χ1) is 6.15. The normalized spacial score (nSPS) is 9.62. The van der Waals surface area contributed by atoms with Crippen LogP contribution in [0.1, 0.15) is 5.56 Å². The van der Waals surface area contributed by atoms with E-state index in [1.807, 2.05) is 6.92 Å². The molecule has 1 aromatic carbocycles. The van der Waals surface area contributed by atoms with Crippen LogP contribution in [0.15, 0.2) is 18.2 Å². The molecule has 1 amide bonds. The van der Waals surface area contributed by atoms with E-state index in [1.165, 1.54) is 0 Å². The van der Waals surface area contributed by atoms with Crippen molar-refractivity contribution in [3.63, 3.8) is 0 Å². The lowest BCUT2D eigenvalue weighted by Gasteiger charge is -2.08. The summed E-state index contributed by atoms with van der Waals surface area (Å²) in [6, 6.07) is 5.36. The van der Waals surface area contributed by atoms with Crippen molar-refractivity contribution in [2.45, 2.75) is 13.2 Å². The molecule has 0 aliphatic rings. The van der Waals surface area contributed by atoms with Crippen molar-refractivity contribution in [1.82, 2.24) is 0 Å². The number of nitrogens with two attached hydrogens (primary N) is 1. The molecule has 3 nitrogen and oxygen atoms in total. The van der Waals surface area contributed by atoms with Gasteiger partial charge in [0.25, 0.3) is 0 Å². The van der Waals surface area contributed by atoms with Gasteiger partial charge in [0.1, 0.15) is 0 Å². The summed E-state index contributed by atoms with van der Waals surface area (Å²) in [5.41, 5.74) is 7.90. The van der Waals surface area contributed by atoms with E-state index >= 15 is 0 Å². The minimum absolute atomic E-state index is 0.0196. The van der Waals surface area contributed by atoms with Crippen LogP contribution in [-0.4, -0.2) is 13.8 Å².